The van der Waals surface area contributed by atoms with Crippen molar-refractivity contribution in [2.24, 2.45) is 4.99 Å². The third-order valence-corrected chi connectivity index (χ3v) is 3.15. The Morgan fingerprint density at radius 2 is 2.26 bits per heavy atom. The number of hydrogen-bond donors (Lipinski definition) is 2. The number of hydrogen-bond acceptors (Lipinski definition) is 4. The van der Waals surface area contributed by atoms with Crippen LogP contribution in [0.1, 0.15) is 17.4 Å². The highest BCUT2D eigenvalue weighted by Crippen LogP contribution is 2.13. The number of nitrogens with zero attached hydrogens (tertiary/aromatic N) is 3. The van der Waals surface area contributed by atoms with Crippen molar-refractivity contribution in [3.63, 3.8) is 0 Å². The molecule has 1 aromatic heterocycles. The number of aliphatic imine (C=N–C) groups is 1. The zero-order valence-electron chi connectivity index (χ0n) is 12.9. The van der Waals surface area contributed by atoms with E-state index in [1.165, 1.54) is 18.4 Å². The molecule has 0 aliphatic carbocycles. The van der Waals surface area contributed by atoms with Gasteiger partial charge < -0.3 is 19.8 Å². The standard InChI is InChI=1S/C15H19FN4O2.HI/c1-17-15(20(2)10-13-6-7-22-19-13)18-9-14(21)11-4-3-5-12(16)8-11;/h3-8,14,21H,9-10H2,1-2H3,(H,17,18);1H. The van der Waals surface area contributed by atoms with Gasteiger partial charge in [-0.1, -0.05) is 17.3 Å². The Labute approximate surface area is 151 Å². The van der Waals surface area contributed by atoms with E-state index in [9.17, 15) is 9.50 Å². The summed E-state index contributed by atoms with van der Waals surface area (Å²) in [6.07, 6.45) is 0.681. The third-order valence-electron chi connectivity index (χ3n) is 3.15. The molecule has 0 saturated carbocycles. The van der Waals surface area contributed by atoms with Crippen molar-refractivity contribution < 1.29 is 14.0 Å². The molecule has 1 atom stereocenters. The maximum atomic E-state index is 13.2. The molecule has 0 aliphatic heterocycles. The number of guanidine groups is 1. The van der Waals surface area contributed by atoms with Crippen molar-refractivity contribution in [2.75, 3.05) is 20.6 Å². The topological polar surface area (TPSA) is 73.9 Å². The Balaban J connectivity index is 0.00000264. The molecule has 8 heteroatoms. The van der Waals surface area contributed by atoms with Crippen LogP contribution in [-0.4, -0.2) is 41.8 Å². The van der Waals surface area contributed by atoms with Gasteiger partial charge in [0, 0.05) is 26.7 Å². The molecule has 0 spiro atoms. The zero-order valence-corrected chi connectivity index (χ0v) is 15.3. The average molecular weight is 434 g/mol. The van der Waals surface area contributed by atoms with E-state index < -0.39 is 6.10 Å². The second-order valence-corrected chi connectivity index (χ2v) is 4.85. The van der Waals surface area contributed by atoms with Gasteiger partial charge in [-0.3, -0.25) is 4.99 Å². The van der Waals surface area contributed by atoms with Gasteiger partial charge in [0.2, 0.25) is 0 Å². The van der Waals surface area contributed by atoms with Crippen LogP contribution in [0.25, 0.3) is 0 Å². The molecule has 2 rings (SSSR count). The van der Waals surface area contributed by atoms with Crippen molar-refractivity contribution in [2.45, 2.75) is 12.6 Å². The summed E-state index contributed by atoms with van der Waals surface area (Å²) in [5.41, 5.74) is 1.29. The smallest absolute Gasteiger partial charge is 0.193 e. The molecule has 0 radical (unpaired) electrons. The minimum Gasteiger partial charge on any atom is -0.387 e. The van der Waals surface area contributed by atoms with Crippen LogP contribution in [0.2, 0.25) is 0 Å². The summed E-state index contributed by atoms with van der Waals surface area (Å²) in [7, 11) is 3.49. The van der Waals surface area contributed by atoms with Crippen LogP contribution in [0.15, 0.2) is 46.1 Å². The van der Waals surface area contributed by atoms with Crippen molar-refractivity contribution in [1.82, 2.24) is 15.4 Å². The highest BCUT2D eigenvalue weighted by Gasteiger charge is 2.12. The molecule has 126 valence electrons. The van der Waals surface area contributed by atoms with Crippen LogP contribution in [-0.2, 0) is 6.54 Å². The van der Waals surface area contributed by atoms with Gasteiger partial charge in [-0.2, -0.15) is 0 Å². The molecule has 23 heavy (non-hydrogen) atoms. The highest BCUT2D eigenvalue weighted by molar-refractivity contribution is 14.0. The molecule has 2 N–H and O–H groups in total. The molecule has 0 bridgehead atoms. The number of aliphatic hydroxyl groups excluding tert-OH is 1. The molecule has 1 heterocycles. The van der Waals surface area contributed by atoms with Crippen molar-refractivity contribution in [3.8, 4) is 0 Å². The van der Waals surface area contributed by atoms with Crippen molar-refractivity contribution in [3.05, 3.63) is 53.7 Å². The minimum atomic E-state index is -0.826. The molecule has 6 nitrogen and oxygen atoms in total. The van der Waals surface area contributed by atoms with Crippen molar-refractivity contribution in [1.29, 1.82) is 0 Å². The Hall–Kier alpha value is -1.68. The van der Waals surface area contributed by atoms with Crippen LogP contribution >= 0.6 is 24.0 Å². The molecule has 2 aromatic rings. The Morgan fingerprint density at radius 1 is 1.48 bits per heavy atom. The van der Waals surface area contributed by atoms with Gasteiger partial charge in [0.1, 0.15) is 17.8 Å². The first kappa shape index (κ1) is 19.4. The van der Waals surface area contributed by atoms with Gasteiger partial charge in [0.25, 0.3) is 0 Å². The minimum absolute atomic E-state index is 0. The largest absolute Gasteiger partial charge is 0.387 e. The van der Waals surface area contributed by atoms with E-state index in [-0.39, 0.29) is 36.3 Å². The number of aromatic nitrogens is 1. The van der Waals surface area contributed by atoms with E-state index in [4.69, 9.17) is 4.52 Å². The molecular formula is C15H20FIN4O2. The molecule has 0 fully saturated rings. The Morgan fingerprint density at radius 3 is 2.87 bits per heavy atom. The Kier molecular flexibility index (Phi) is 7.96. The molecule has 0 amide bonds. The lowest BCUT2D eigenvalue weighted by Gasteiger charge is -2.22. The lowest BCUT2D eigenvalue weighted by molar-refractivity contribution is 0.179. The van der Waals surface area contributed by atoms with Crippen LogP contribution in [0, 0.1) is 5.82 Å². The van der Waals surface area contributed by atoms with E-state index in [0.717, 1.165) is 5.69 Å². The lowest BCUT2D eigenvalue weighted by Crippen LogP contribution is -2.40. The fraction of sp³-hybridized carbons (Fsp3) is 0.333. The van der Waals surface area contributed by atoms with E-state index in [1.807, 2.05) is 11.9 Å². The predicted octanol–water partition coefficient (Wildman–Crippen LogP) is 2.17. The molecule has 0 aliphatic rings. The van der Waals surface area contributed by atoms with Crippen LogP contribution in [0.4, 0.5) is 4.39 Å². The zero-order chi connectivity index (χ0) is 15.9. The van der Waals surface area contributed by atoms with E-state index >= 15 is 0 Å². The first-order valence-corrected chi connectivity index (χ1v) is 6.84. The van der Waals surface area contributed by atoms with Crippen molar-refractivity contribution >= 4 is 29.9 Å². The first-order chi connectivity index (χ1) is 10.6. The van der Waals surface area contributed by atoms with Crippen LogP contribution in [0.5, 0.6) is 0 Å². The summed E-state index contributed by atoms with van der Waals surface area (Å²) in [6, 6.07) is 7.67. The normalized spacial score (nSPS) is 12.4. The summed E-state index contributed by atoms with van der Waals surface area (Å²) >= 11 is 0. The molecular weight excluding hydrogens is 414 g/mol. The van der Waals surface area contributed by atoms with E-state index in [1.54, 1.807) is 25.2 Å². The van der Waals surface area contributed by atoms with Gasteiger partial charge >= 0.3 is 0 Å². The second-order valence-electron chi connectivity index (χ2n) is 4.85. The fourth-order valence-corrected chi connectivity index (χ4v) is 2.04. The Bertz CT molecular complexity index is 622. The molecule has 1 aromatic carbocycles. The maximum absolute atomic E-state index is 13.2. The van der Waals surface area contributed by atoms with Crippen LogP contribution < -0.4 is 5.32 Å². The maximum Gasteiger partial charge on any atom is 0.193 e. The number of halogens is 2. The summed E-state index contributed by atoms with van der Waals surface area (Å²) in [5, 5.41) is 17.0. The quantitative estimate of drug-likeness (QED) is 0.429. The van der Waals surface area contributed by atoms with E-state index in [2.05, 4.69) is 15.5 Å². The number of rotatable bonds is 5. The number of nitrogens with one attached hydrogen (secondary N) is 1. The highest BCUT2D eigenvalue weighted by atomic mass is 127. The summed E-state index contributed by atoms with van der Waals surface area (Å²) < 4.78 is 17.9. The van der Waals surface area contributed by atoms with Gasteiger partial charge in [-0.15, -0.1) is 24.0 Å². The monoisotopic (exact) mass is 434 g/mol. The fourth-order valence-electron chi connectivity index (χ4n) is 2.04. The van der Waals surface area contributed by atoms with Gasteiger partial charge in [0.05, 0.1) is 12.6 Å². The summed E-state index contributed by atoms with van der Waals surface area (Å²) in [4.78, 5) is 5.98. The van der Waals surface area contributed by atoms with Crippen LogP contribution in [0.3, 0.4) is 0 Å². The first-order valence-electron chi connectivity index (χ1n) is 6.84. The van der Waals surface area contributed by atoms with Gasteiger partial charge in [-0.05, 0) is 17.7 Å². The average Bonchev–Trinajstić information content (AvgIpc) is 3.00. The number of benzene rings is 1. The lowest BCUT2D eigenvalue weighted by atomic mass is 10.1. The molecule has 1 unspecified atom stereocenters. The second kappa shape index (κ2) is 9.46. The number of aliphatic hydroxyl groups is 1. The summed E-state index contributed by atoms with van der Waals surface area (Å²) in [5.74, 6) is 0.225. The van der Waals surface area contributed by atoms with Gasteiger partial charge in [0.15, 0.2) is 5.96 Å². The summed E-state index contributed by atoms with van der Waals surface area (Å²) in [6.45, 7) is 0.742. The third kappa shape index (κ3) is 5.79. The van der Waals surface area contributed by atoms with E-state index in [0.29, 0.717) is 18.1 Å². The SMILES string of the molecule is CN=C(NCC(O)c1cccc(F)c1)N(C)Cc1ccon1.I. The molecule has 0 saturated heterocycles. The predicted molar refractivity (Wildman–Crippen MR) is 96.1 cm³/mol. The van der Waals surface area contributed by atoms with Gasteiger partial charge in [-0.25, -0.2) is 4.39 Å².